The van der Waals surface area contributed by atoms with E-state index in [2.05, 4.69) is 15.5 Å². The standard InChI is InChI=1S/C18H26N4O3S.2ClH/c1-25-15-4-2-14(3-5-15)17(23)19-6-7-21-8-10-22(11-9-21)18(24)16-12-26-13-20-16;;/h2-5,16,20H,6-13H2,1H3,(H,19,23);2*1H. The van der Waals surface area contributed by atoms with Crippen LogP contribution in [0.5, 0.6) is 5.75 Å². The summed E-state index contributed by atoms with van der Waals surface area (Å²) in [4.78, 5) is 28.8. The molecule has 0 aliphatic carbocycles. The average Bonchev–Trinajstić information content (AvgIpc) is 3.23. The van der Waals surface area contributed by atoms with E-state index >= 15 is 0 Å². The van der Waals surface area contributed by atoms with Gasteiger partial charge < -0.3 is 15.0 Å². The lowest BCUT2D eigenvalue weighted by Crippen LogP contribution is -2.54. The molecule has 0 spiro atoms. The number of benzene rings is 1. The Labute approximate surface area is 182 Å². The highest BCUT2D eigenvalue weighted by atomic mass is 35.5. The number of rotatable bonds is 6. The van der Waals surface area contributed by atoms with Crippen molar-refractivity contribution in [3.8, 4) is 5.75 Å². The van der Waals surface area contributed by atoms with E-state index in [-0.39, 0.29) is 42.7 Å². The van der Waals surface area contributed by atoms with Crippen molar-refractivity contribution in [1.82, 2.24) is 20.4 Å². The second kappa shape index (κ2) is 12.4. The Balaban J connectivity index is 0.00000196. The summed E-state index contributed by atoms with van der Waals surface area (Å²) in [5.74, 6) is 2.62. The normalized spacial score (nSPS) is 19.3. The fraction of sp³-hybridized carbons (Fsp3) is 0.556. The lowest BCUT2D eigenvalue weighted by atomic mass is 10.2. The third-order valence-electron chi connectivity index (χ3n) is 4.76. The fourth-order valence-corrected chi connectivity index (χ4v) is 4.07. The van der Waals surface area contributed by atoms with Crippen molar-refractivity contribution in [2.45, 2.75) is 6.04 Å². The molecule has 0 bridgehead atoms. The summed E-state index contributed by atoms with van der Waals surface area (Å²) >= 11 is 1.77. The number of thioether (sulfide) groups is 1. The van der Waals surface area contributed by atoms with Crippen LogP contribution in [0.3, 0.4) is 0 Å². The molecule has 1 unspecified atom stereocenters. The van der Waals surface area contributed by atoms with E-state index in [1.165, 1.54) is 0 Å². The van der Waals surface area contributed by atoms with E-state index in [1.807, 2.05) is 4.90 Å². The van der Waals surface area contributed by atoms with Crippen LogP contribution in [-0.2, 0) is 4.79 Å². The van der Waals surface area contributed by atoms with E-state index < -0.39 is 0 Å². The number of amides is 2. The Bertz CT molecular complexity index is 622. The number of methoxy groups -OCH3 is 1. The van der Waals surface area contributed by atoms with E-state index in [9.17, 15) is 9.59 Å². The van der Waals surface area contributed by atoms with Crippen molar-refractivity contribution < 1.29 is 14.3 Å². The quantitative estimate of drug-likeness (QED) is 0.675. The van der Waals surface area contributed by atoms with Crippen LogP contribution in [0.25, 0.3) is 0 Å². The molecule has 2 aliphatic rings. The SMILES string of the molecule is COc1ccc(C(=O)NCCN2CCN(C(=O)C3CSCN3)CC2)cc1.Cl.Cl. The van der Waals surface area contributed by atoms with Gasteiger partial charge >= 0.3 is 0 Å². The minimum absolute atomic E-state index is 0. The van der Waals surface area contributed by atoms with E-state index in [0.29, 0.717) is 12.1 Å². The Hall–Kier alpha value is -1.19. The van der Waals surface area contributed by atoms with Crippen molar-refractivity contribution in [1.29, 1.82) is 0 Å². The molecule has 0 radical (unpaired) electrons. The maximum absolute atomic E-state index is 12.4. The molecule has 1 aromatic rings. The van der Waals surface area contributed by atoms with Gasteiger partial charge in [-0.3, -0.25) is 19.8 Å². The number of piperazine rings is 1. The number of carbonyl (C=O) groups excluding carboxylic acids is 2. The van der Waals surface area contributed by atoms with Crippen LogP contribution in [0.15, 0.2) is 24.3 Å². The molecule has 1 aromatic carbocycles. The molecule has 7 nitrogen and oxygen atoms in total. The first-order chi connectivity index (χ1) is 12.7. The zero-order chi connectivity index (χ0) is 18.4. The monoisotopic (exact) mass is 450 g/mol. The summed E-state index contributed by atoms with van der Waals surface area (Å²) < 4.78 is 5.10. The number of nitrogens with zero attached hydrogens (tertiary/aromatic N) is 2. The molecule has 2 fully saturated rings. The second-order valence-electron chi connectivity index (χ2n) is 6.42. The number of nitrogens with one attached hydrogen (secondary N) is 2. The number of hydrogen-bond donors (Lipinski definition) is 2. The summed E-state index contributed by atoms with van der Waals surface area (Å²) in [5.41, 5.74) is 0.628. The number of ether oxygens (including phenoxy) is 1. The van der Waals surface area contributed by atoms with Crippen molar-refractivity contribution in [2.75, 3.05) is 58.0 Å². The van der Waals surface area contributed by atoms with Gasteiger partial charge in [0.2, 0.25) is 5.91 Å². The van der Waals surface area contributed by atoms with Gasteiger partial charge in [-0.2, -0.15) is 0 Å². The molecule has 3 rings (SSSR count). The van der Waals surface area contributed by atoms with E-state index in [0.717, 1.165) is 50.1 Å². The molecule has 1 atom stereocenters. The van der Waals surface area contributed by atoms with Gasteiger partial charge in [0.05, 0.1) is 13.2 Å². The van der Waals surface area contributed by atoms with Crippen LogP contribution < -0.4 is 15.4 Å². The molecular formula is C18H28Cl2N4O3S. The maximum atomic E-state index is 12.4. The maximum Gasteiger partial charge on any atom is 0.251 e. The topological polar surface area (TPSA) is 73.9 Å². The summed E-state index contributed by atoms with van der Waals surface area (Å²) in [7, 11) is 1.60. The zero-order valence-electron chi connectivity index (χ0n) is 15.9. The van der Waals surface area contributed by atoms with E-state index in [1.54, 1.807) is 43.1 Å². The Morgan fingerprint density at radius 2 is 1.86 bits per heavy atom. The van der Waals surface area contributed by atoms with Crippen LogP contribution in [0, 0.1) is 0 Å². The summed E-state index contributed by atoms with van der Waals surface area (Å²) in [5, 5.41) is 6.18. The van der Waals surface area contributed by atoms with Gasteiger partial charge in [0, 0.05) is 56.5 Å². The van der Waals surface area contributed by atoms with Crippen molar-refractivity contribution in [3.05, 3.63) is 29.8 Å². The Kier molecular flexibility index (Phi) is 11.0. The first-order valence-corrected chi connectivity index (χ1v) is 10.1. The average molecular weight is 451 g/mol. The number of carbonyl (C=O) groups is 2. The molecule has 2 saturated heterocycles. The lowest BCUT2D eigenvalue weighted by molar-refractivity contribution is -0.134. The molecular weight excluding hydrogens is 423 g/mol. The number of halogens is 2. The Morgan fingerprint density at radius 3 is 2.43 bits per heavy atom. The van der Waals surface area contributed by atoms with Crippen LogP contribution in [0.2, 0.25) is 0 Å². The smallest absolute Gasteiger partial charge is 0.251 e. The molecule has 2 heterocycles. The lowest BCUT2D eigenvalue weighted by Gasteiger charge is -2.35. The second-order valence-corrected chi connectivity index (χ2v) is 7.45. The minimum Gasteiger partial charge on any atom is -0.497 e. The molecule has 2 N–H and O–H groups in total. The van der Waals surface area contributed by atoms with Gasteiger partial charge in [-0.05, 0) is 24.3 Å². The van der Waals surface area contributed by atoms with Gasteiger partial charge in [-0.1, -0.05) is 0 Å². The largest absolute Gasteiger partial charge is 0.497 e. The first-order valence-electron chi connectivity index (χ1n) is 8.92. The molecule has 10 heteroatoms. The highest BCUT2D eigenvalue weighted by Crippen LogP contribution is 2.13. The van der Waals surface area contributed by atoms with Crippen LogP contribution in [0.1, 0.15) is 10.4 Å². The van der Waals surface area contributed by atoms with Gasteiger partial charge in [0.15, 0.2) is 0 Å². The van der Waals surface area contributed by atoms with Gasteiger partial charge in [0.1, 0.15) is 5.75 Å². The van der Waals surface area contributed by atoms with Crippen molar-refractivity contribution in [3.63, 3.8) is 0 Å². The molecule has 2 aliphatic heterocycles. The summed E-state index contributed by atoms with van der Waals surface area (Å²) in [6.45, 7) is 4.61. The summed E-state index contributed by atoms with van der Waals surface area (Å²) in [6.07, 6.45) is 0. The third-order valence-corrected chi connectivity index (χ3v) is 5.70. The van der Waals surface area contributed by atoms with E-state index in [4.69, 9.17) is 4.74 Å². The fourth-order valence-electron chi connectivity index (χ4n) is 3.14. The molecule has 0 aromatic heterocycles. The Morgan fingerprint density at radius 1 is 1.18 bits per heavy atom. The minimum atomic E-state index is -0.0775. The predicted molar refractivity (Wildman–Crippen MR) is 117 cm³/mol. The summed E-state index contributed by atoms with van der Waals surface area (Å²) in [6, 6.07) is 7.06. The molecule has 158 valence electrons. The molecule has 2 amide bonds. The number of hydrogen-bond acceptors (Lipinski definition) is 6. The molecule has 0 saturated carbocycles. The van der Waals surface area contributed by atoms with Crippen LogP contribution in [-0.4, -0.2) is 85.7 Å². The van der Waals surface area contributed by atoms with Gasteiger partial charge in [-0.15, -0.1) is 36.6 Å². The zero-order valence-corrected chi connectivity index (χ0v) is 18.3. The first kappa shape index (κ1) is 24.8. The van der Waals surface area contributed by atoms with Crippen LogP contribution in [0.4, 0.5) is 0 Å². The van der Waals surface area contributed by atoms with Gasteiger partial charge in [-0.25, -0.2) is 0 Å². The highest BCUT2D eigenvalue weighted by Gasteiger charge is 2.29. The van der Waals surface area contributed by atoms with Crippen molar-refractivity contribution in [2.24, 2.45) is 0 Å². The predicted octanol–water partition coefficient (Wildman–Crippen LogP) is 1.08. The van der Waals surface area contributed by atoms with Crippen molar-refractivity contribution >= 4 is 48.4 Å². The van der Waals surface area contributed by atoms with Crippen LogP contribution >= 0.6 is 36.6 Å². The molecule has 28 heavy (non-hydrogen) atoms. The third kappa shape index (κ3) is 6.70. The highest BCUT2D eigenvalue weighted by molar-refractivity contribution is 7.99. The van der Waals surface area contributed by atoms with Gasteiger partial charge in [0.25, 0.3) is 5.91 Å².